The first kappa shape index (κ1) is 15.6. The predicted octanol–water partition coefficient (Wildman–Crippen LogP) is 4.17. The van der Waals surface area contributed by atoms with Gasteiger partial charge < -0.3 is 14.8 Å². The maximum Gasteiger partial charge on any atom is 0.163 e. The van der Waals surface area contributed by atoms with Gasteiger partial charge in [-0.15, -0.1) is 0 Å². The molecule has 0 amide bonds. The van der Waals surface area contributed by atoms with Crippen LogP contribution in [0.3, 0.4) is 0 Å². The second-order valence-electron chi connectivity index (χ2n) is 4.46. The van der Waals surface area contributed by atoms with Crippen LogP contribution in [0, 0.1) is 5.82 Å². The number of anilines is 1. The Hall–Kier alpha value is -1.82. The minimum atomic E-state index is -0.357. The number of hydrogen-bond donors (Lipinski definition) is 1. The Kier molecular flexibility index (Phi) is 5.01. The SMILES string of the molecule is COc1cc(F)c(C(C)Nc2ccc(Br)cn2)cc1OC. The van der Waals surface area contributed by atoms with Crippen LogP contribution in [0.15, 0.2) is 34.9 Å². The monoisotopic (exact) mass is 354 g/mol. The molecule has 4 nitrogen and oxygen atoms in total. The summed E-state index contributed by atoms with van der Waals surface area (Å²) in [4.78, 5) is 4.21. The van der Waals surface area contributed by atoms with E-state index in [0.29, 0.717) is 22.9 Å². The molecule has 1 N–H and O–H groups in total. The van der Waals surface area contributed by atoms with Crippen LogP contribution >= 0.6 is 15.9 Å². The first-order valence-electron chi connectivity index (χ1n) is 6.34. The summed E-state index contributed by atoms with van der Waals surface area (Å²) in [5, 5.41) is 3.15. The average molecular weight is 355 g/mol. The Balaban J connectivity index is 2.26. The zero-order chi connectivity index (χ0) is 15.4. The molecule has 1 aromatic carbocycles. The summed E-state index contributed by atoms with van der Waals surface area (Å²) in [6.07, 6.45) is 1.68. The van der Waals surface area contributed by atoms with Gasteiger partial charge in [-0.2, -0.15) is 0 Å². The van der Waals surface area contributed by atoms with Crippen molar-refractivity contribution in [3.8, 4) is 11.5 Å². The highest BCUT2D eigenvalue weighted by atomic mass is 79.9. The molecule has 1 aromatic heterocycles. The number of rotatable bonds is 5. The molecule has 2 rings (SSSR count). The van der Waals surface area contributed by atoms with Crippen LogP contribution in [0.5, 0.6) is 11.5 Å². The Bertz CT molecular complexity index is 620. The zero-order valence-electron chi connectivity index (χ0n) is 12.0. The third-order valence-corrected chi connectivity index (χ3v) is 3.53. The maximum atomic E-state index is 14.2. The largest absolute Gasteiger partial charge is 0.493 e. The van der Waals surface area contributed by atoms with Gasteiger partial charge >= 0.3 is 0 Å². The second kappa shape index (κ2) is 6.76. The number of nitrogens with one attached hydrogen (secondary N) is 1. The molecule has 0 fully saturated rings. The van der Waals surface area contributed by atoms with Gasteiger partial charge in [-0.3, -0.25) is 0 Å². The molecule has 0 saturated carbocycles. The third-order valence-electron chi connectivity index (χ3n) is 3.06. The fraction of sp³-hybridized carbons (Fsp3) is 0.267. The van der Waals surface area contributed by atoms with Crippen molar-refractivity contribution in [2.75, 3.05) is 19.5 Å². The van der Waals surface area contributed by atoms with Gasteiger partial charge in [-0.25, -0.2) is 9.37 Å². The summed E-state index contributed by atoms with van der Waals surface area (Å²) in [6.45, 7) is 1.86. The Morgan fingerprint density at radius 2 is 1.86 bits per heavy atom. The Morgan fingerprint density at radius 3 is 2.43 bits per heavy atom. The topological polar surface area (TPSA) is 43.4 Å². The van der Waals surface area contributed by atoms with Crippen LogP contribution < -0.4 is 14.8 Å². The van der Waals surface area contributed by atoms with Crippen molar-refractivity contribution in [2.24, 2.45) is 0 Å². The lowest BCUT2D eigenvalue weighted by atomic mass is 10.1. The van der Waals surface area contributed by atoms with E-state index in [4.69, 9.17) is 9.47 Å². The van der Waals surface area contributed by atoms with E-state index in [1.807, 2.05) is 19.1 Å². The molecule has 0 aliphatic rings. The minimum absolute atomic E-state index is 0.265. The molecule has 0 radical (unpaired) electrons. The van der Waals surface area contributed by atoms with E-state index in [0.717, 1.165) is 4.47 Å². The first-order valence-corrected chi connectivity index (χ1v) is 7.14. The number of benzene rings is 1. The van der Waals surface area contributed by atoms with E-state index in [2.05, 4.69) is 26.2 Å². The normalized spacial score (nSPS) is 11.9. The summed E-state index contributed by atoms with van der Waals surface area (Å²) in [5.41, 5.74) is 0.484. The van der Waals surface area contributed by atoms with Gasteiger partial charge in [0.25, 0.3) is 0 Å². The molecular formula is C15H16BrFN2O2. The lowest BCUT2D eigenvalue weighted by molar-refractivity contribution is 0.351. The molecule has 6 heteroatoms. The number of hydrogen-bond acceptors (Lipinski definition) is 4. The highest BCUT2D eigenvalue weighted by Crippen LogP contribution is 2.33. The van der Waals surface area contributed by atoms with Crippen LogP contribution in [0.4, 0.5) is 10.2 Å². The average Bonchev–Trinajstić information content (AvgIpc) is 2.49. The van der Waals surface area contributed by atoms with Gasteiger partial charge in [0.2, 0.25) is 0 Å². The number of pyridine rings is 1. The van der Waals surface area contributed by atoms with Gasteiger partial charge in [0.15, 0.2) is 11.5 Å². The molecule has 2 aromatic rings. The van der Waals surface area contributed by atoms with Gasteiger partial charge in [-0.05, 0) is 41.1 Å². The third kappa shape index (κ3) is 3.64. The quantitative estimate of drug-likeness (QED) is 0.874. The second-order valence-corrected chi connectivity index (χ2v) is 5.37. The van der Waals surface area contributed by atoms with Crippen LogP contribution in [-0.4, -0.2) is 19.2 Å². The van der Waals surface area contributed by atoms with Crippen molar-refractivity contribution in [2.45, 2.75) is 13.0 Å². The molecule has 1 unspecified atom stereocenters. The van der Waals surface area contributed by atoms with Crippen molar-refractivity contribution in [1.29, 1.82) is 0 Å². The molecule has 0 aliphatic carbocycles. The molecule has 0 spiro atoms. The van der Waals surface area contributed by atoms with Gasteiger partial charge in [-0.1, -0.05) is 0 Å². The lowest BCUT2D eigenvalue weighted by Crippen LogP contribution is -2.10. The summed E-state index contributed by atoms with van der Waals surface area (Å²) < 4.78 is 25.3. The summed E-state index contributed by atoms with van der Waals surface area (Å²) >= 11 is 3.32. The maximum absolute atomic E-state index is 14.2. The van der Waals surface area contributed by atoms with Crippen LogP contribution in [0.25, 0.3) is 0 Å². The molecule has 0 saturated heterocycles. The predicted molar refractivity (Wildman–Crippen MR) is 83.5 cm³/mol. The van der Waals surface area contributed by atoms with E-state index in [1.165, 1.54) is 20.3 Å². The summed E-state index contributed by atoms with van der Waals surface area (Å²) in [5.74, 6) is 1.17. The van der Waals surface area contributed by atoms with Crippen LogP contribution in [-0.2, 0) is 0 Å². The Labute approximate surface area is 131 Å². The molecule has 1 atom stereocenters. The summed E-state index contributed by atoms with van der Waals surface area (Å²) in [7, 11) is 3.00. The molecule has 0 aliphatic heterocycles. The van der Waals surface area contributed by atoms with Crippen molar-refractivity contribution in [3.63, 3.8) is 0 Å². The highest BCUT2D eigenvalue weighted by Gasteiger charge is 2.16. The van der Waals surface area contributed by atoms with E-state index in [-0.39, 0.29) is 11.9 Å². The van der Waals surface area contributed by atoms with Crippen LogP contribution in [0.2, 0.25) is 0 Å². The molecule has 112 valence electrons. The fourth-order valence-corrected chi connectivity index (χ4v) is 2.20. The van der Waals surface area contributed by atoms with E-state index >= 15 is 0 Å². The number of aromatic nitrogens is 1. The van der Waals surface area contributed by atoms with Crippen molar-refractivity contribution in [1.82, 2.24) is 4.98 Å². The fourth-order valence-electron chi connectivity index (χ4n) is 1.96. The molecule has 0 bridgehead atoms. The number of methoxy groups -OCH3 is 2. The van der Waals surface area contributed by atoms with E-state index in [9.17, 15) is 4.39 Å². The molecule has 21 heavy (non-hydrogen) atoms. The smallest absolute Gasteiger partial charge is 0.163 e. The summed E-state index contributed by atoms with van der Waals surface area (Å²) in [6, 6.07) is 6.37. The van der Waals surface area contributed by atoms with Crippen molar-refractivity contribution >= 4 is 21.7 Å². The highest BCUT2D eigenvalue weighted by molar-refractivity contribution is 9.10. The van der Waals surface area contributed by atoms with E-state index in [1.54, 1.807) is 12.3 Å². The zero-order valence-corrected chi connectivity index (χ0v) is 13.6. The number of ether oxygens (including phenoxy) is 2. The molecular weight excluding hydrogens is 339 g/mol. The Morgan fingerprint density at radius 1 is 1.19 bits per heavy atom. The van der Waals surface area contributed by atoms with Crippen molar-refractivity contribution < 1.29 is 13.9 Å². The minimum Gasteiger partial charge on any atom is -0.493 e. The van der Waals surface area contributed by atoms with Crippen molar-refractivity contribution in [3.05, 3.63) is 46.3 Å². The van der Waals surface area contributed by atoms with E-state index < -0.39 is 0 Å². The lowest BCUT2D eigenvalue weighted by Gasteiger charge is -2.18. The number of halogens is 2. The van der Waals surface area contributed by atoms with Gasteiger partial charge in [0.1, 0.15) is 11.6 Å². The van der Waals surface area contributed by atoms with Crippen LogP contribution in [0.1, 0.15) is 18.5 Å². The number of nitrogens with zero attached hydrogens (tertiary/aromatic N) is 1. The van der Waals surface area contributed by atoms with Gasteiger partial charge in [0.05, 0.1) is 20.3 Å². The molecule has 1 heterocycles. The van der Waals surface area contributed by atoms with Gasteiger partial charge in [0, 0.05) is 22.3 Å². The first-order chi connectivity index (χ1) is 10.0. The standard InChI is InChI=1S/C15H16BrFN2O2/c1-9(19-15-5-4-10(16)8-18-15)11-6-13(20-2)14(21-3)7-12(11)17/h4-9H,1-3H3,(H,18,19).